The van der Waals surface area contributed by atoms with E-state index in [0.29, 0.717) is 36.7 Å². The molecule has 0 saturated carbocycles. The highest BCUT2D eigenvalue weighted by atomic mass is 35.5. The second-order valence-electron chi connectivity index (χ2n) is 7.44. The Morgan fingerprint density at radius 2 is 2.06 bits per heavy atom. The van der Waals surface area contributed by atoms with Crippen LogP contribution in [0.25, 0.3) is 11.0 Å². The van der Waals surface area contributed by atoms with Crippen LogP contribution in [0.3, 0.4) is 0 Å². The lowest BCUT2D eigenvalue weighted by Gasteiger charge is -2.41. The van der Waals surface area contributed by atoms with E-state index in [2.05, 4.69) is 10.1 Å². The molecule has 1 aliphatic heterocycles. The molecule has 0 N–H and O–H groups in total. The summed E-state index contributed by atoms with van der Waals surface area (Å²) in [6.07, 6.45) is 1.70. The Morgan fingerprint density at radius 3 is 2.75 bits per heavy atom. The monoisotopic (exact) mass is 461 g/mol. The van der Waals surface area contributed by atoms with E-state index >= 15 is 0 Å². The molecule has 7 nitrogen and oxygen atoms in total. The van der Waals surface area contributed by atoms with Crippen molar-refractivity contribution in [3.05, 3.63) is 47.0 Å². The second kappa shape index (κ2) is 10.2. The van der Waals surface area contributed by atoms with Crippen LogP contribution in [0, 0.1) is 12.7 Å². The minimum atomic E-state index is -0.405. The number of nitrogens with zero attached hydrogens (tertiary/aromatic N) is 5. The maximum Gasteiger partial charge on any atom is 0.244 e. The molecule has 32 heavy (non-hydrogen) atoms. The molecule has 1 atom stereocenters. The number of hydrogen-bond acceptors (Lipinski definition) is 5. The fourth-order valence-corrected chi connectivity index (χ4v) is 4.19. The van der Waals surface area contributed by atoms with E-state index in [0.717, 1.165) is 11.1 Å². The van der Waals surface area contributed by atoms with Gasteiger partial charge in [-0.2, -0.15) is 5.10 Å². The lowest BCUT2D eigenvalue weighted by molar-refractivity contribution is -0.134. The van der Waals surface area contributed by atoms with Crippen molar-refractivity contribution in [1.82, 2.24) is 19.7 Å². The van der Waals surface area contributed by atoms with E-state index in [4.69, 9.17) is 16.3 Å². The van der Waals surface area contributed by atoms with Crippen molar-refractivity contribution in [2.75, 3.05) is 31.6 Å². The Labute approximate surface area is 192 Å². The van der Waals surface area contributed by atoms with Crippen molar-refractivity contribution in [2.24, 2.45) is 0 Å². The van der Waals surface area contributed by atoms with Crippen LogP contribution in [0.4, 0.5) is 10.1 Å². The molecule has 1 unspecified atom stereocenters. The first-order valence-corrected chi connectivity index (χ1v) is 11.1. The van der Waals surface area contributed by atoms with Gasteiger partial charge in [-0.25, -0.2) is 14.1 Å². The molecule has 1 aliphatic rings. The molecule has 1 aromatic carbocycles. The van der Waals surface area contributed by atoms with Crippen molar-refractivity contribution in [1.29, 1.82) is 0 Å². The molecule has 9 heteroatoms. The number of ether oxygens (including phenoxy) is 1. The Balaban J connectivity index is 0.00000141. The summed E-state index contributed by atoms with van der Waals surface area (Å²) < 4.78 is 21.4. The number of piperazine rings is 1. The van der Waals surface area contributed by atoms with Gasteiger partial charge in [0, 0.05) is 43.3 Å². The van der Waals surface area contributed by atoms with E-state index < -0.39 is 5.82 Å². The lowest BCUT2D eigenvalue weighted by atomic mass is 10.1. The molecule has 3 heterocycles. The number of fused-ring (bicyclic) bond motifs is 1. The van der Waals surface area contributed by atoms with Gasteiger partial charge in [-0.3, -0.25) is 4.79 Å². The number of rotatable bonds is 4. The molecule has 0 aliphatic carbocycles. The normalized spacial score (nSPS) is 16.0. The quantitative estimate of drug-likeness (QED) is 0.579. The summed E-state index contributed by atoms with van der Waals surface area (Å²) in [5.41, 5.74) is 1.97. The number of anilines is 1. The van der Waals surface area contributed by atoms with E-state index in [1.54, 1.807) is 16.9 Å². The number of aryl methyl sites for hydroxylation is 1. The fourth-order valence-electron chi connectivity index (χ4n) is 3.96. The van der Waals surface area contributed by atoms with Crippen LogP contribution in [-0.4, -0.2) is 58.4 Å². The van der Waals surface area contributed by atoms with Gasteiger partial charge in [0.2, 0.25) is 5.91 Å². The Kier molecular flexibility index (Phi) is 7.56. The maximum atomic E-state index is 14.5. The van der Waals surface area contributed by atoms with Gasteiger partial charge < -0.3 is 14.5 Å². The molecule has 3 aromatic rings. The zero-order valence-corrected chi connectivity index (χ0v) is 19.9. The summed E-state index contributed by atoms with van der Waals surface area (Å²) in [7, 11) is 1.50. The van der Waals surface area contributed by atoms with Crippen LogP contribution in [-0.2, 0) is 11.3 Å². The first-order chi connectivity index (χ1) is 15.4. The molecule has 0 bridgehead atoms. The maximum absolute atomic E-state index is 14.5. The average Bonchev–Trinajstić information content (AvgIpc) is 3.10. The number of amides is 1. The van der Waals surface area contributed by atoms with E-state index in [9.17, 15) is 9.18 Å². The third-order valence-electron chi connectivity index (χ3n) is 5.49. The van der Waals surface area contributed by atoms with Crippen molar-refractivity contribution in [2.45, 2.75) is 40.3 Å². The van der Waals surface area contributed by atoms with Crippen LogP contribution >= 0.6 is 11.6 Å². The Bertz CT molecular complexity index is 1100. The standard InChI is InChI=1S/C21H23ClFN5O2.C2H6/c1-13-11-26(18-10-19(30-3)16(22)9-17(18)23)7-8-27(13)20(29)12-28-21-15(14(2)25-28)5-4-6-24-21;1-2/h4-6,9-10,13H,7-8,11-12H2,1-3H3;1-2H3. The highest BCUT2D eigenvalue weighted by Crippen LogP contribution is 2.33. The van der Waals surface area contributed by atoms with Gasteiger partial charge in [-0.15, -0.1) is 0 Å². The van der Waals surface area contributed by atoms with Crippen molar-refractivity contribution in [3.8, 4) is 5.75 Å². The summed E-state index contributed by atoms with van der Waals surface area (Å²) in [6.45, 7) is 9.48. The number of pyridine rings is 1. The largest absolute Gasteiger partial charge is 0.495 e. The smallest absolute Gasteiger partial charge is 0.244 e. The van der Waals surface area contributed by atoms with Gasteiger partial charge in [0.25, 0.3) is 0 Å². The van der Waals surface area contributed by atoms with Gasteiger partial charge in [0.05, 0.1) is 23.5 Å². The predicted molar refractivity (Wildman–Crippen MR) is 125 cm³/mol. The number of halogens is 2. The summed E-state index contributed by atoms with van der Waals surface area (Å²) >= 11 is 6.00. The van der Waals surface area contributed by atoms with Gasteiger partial charge in [0.15, 0.2) is 5.65 Å². The summed E-state index contributed by atoms with van der Waals surface area (Å²) in [5, 5.41) is 5.64. The number of hydrogen-bond donors (Lipinski definition) is 0. The number of aromatic nitrogens is 3. The van der Waals surface area contributed by atoms with Gasteiger partial charge >= 0.3 is 0 Å². The number of carbonyl (C=O) groups is 1. The van der Waals surface area contributed by atoms with Crippen LogP contribution in [0.2, 0.25) is 5.02 Å². The molecule has 0 spiro atoms. The zero-order chi connectivity index (χ0) is 23.4. The van der Waals surface area contributed by atoms with Crippen LogP contribution in [0.1, 0.15) is 26.5 Å². The fraction of sp³-hybridized carbons (Fsp3) is 0.435. The lowest BCUT2D eigenvalue weighted by Crippen LogP contribution is -2.55. The van der Waals surface area contributed by atoms with Crippen LogP contribution in [0.15, 0.2) is 30.5 Å². The number of benzene rings is 1. The SMILES string of the molecule is CC.COc1cc(N2CCN(C(=O)Cn3nc(C)c4cccnc43)C(C)C2)c(F)cc1Cl. The molecule has 172 valence electrons. The van der Waals surface area contributed by atoms with E-state index in [1.807, 2.05) is 49.6 Å². The first-order valence-electron chi connectivity index (χ1n) is 10.7. The third-order valence-corrected chi connectivity index (χ3v) is 5.78. The molecule has 1 amide bonds. The van der Waals surface area contributed by atoms with E-state index in [1.165, 1.54) is 13.2 Å². The molecule has 4 rings (SSSR count). The molecular formula is C23H29ClFN5O2. The predicted octanol–water partition coefficient (Wildman–Crippen LogP) is 4.30. The number of methoxy groups -OCH3 is 1. The van der Waals surface area contributed by atoms with Gasteiger partial charge in [0.1, 0.15) is 18.1 Å². The van der Waals surface area contributed by atoms with Crippen LogP contribution < -0.4 is 9.64 Å². The highest BCUT2D eigenvalue weighted by molar-refractivity contribution is 6.32. The zero-order valence-electron chi connectivity index (χ0n) is 19.1. The van der Waals surface area contributed by atoms with Crippen molar-refractivity contribution >= 4 is 34.2 Å². The molecular weight excluding hydrogens is 433 g/mol. The van der Waals surface area contributed by atoms with Gasteiger partial charge in [-0.05, 0) is 32.0 Å². The Hall–Kier alpha value is -2.87. The highest BCUT2D eigenvalue weighted by Gasteiger charge is 2.29. The Morgan fingerprint density at radius 1 is 1.31 bits per heavy atom. The third kappa shape index (κ3) is 4.65. The average molecular weight is 462 g/mol. The topological polar surface area (TPSA) is 63.5 Å². The summed E-state index contributed by atoms with van der Waals surface area (Å²) in [6, 6.07) is 6.57. The molecule has 0 radical (unpaired) electrons. The summed E-state index contributed by atoms with van der Waals surface area (Å²) in [4.78, 5) is 21.1. The second-order valence-corrected chi connectivity index (χ2v) is 7.85. The first kappa shape index (κ1) is 23.8. The van der Waals surface area contributed by atoms with Crippen molar-refractivity contribution < 1.29 is 13.9 Å². The number of carbonyl (C=O) groups excluding carboxylic acids is 1. The molecule has 1 saturated heterocycles. The molecule has 2 aromatic heterocycles. The van der Waals surface area contributed by atoms with Crippen LogP contribution in [0.5, 0.6) is 5.75 Å². The molecule has 1 fully saturated rings. The van der Waals surface area contributed by atoms with Gasteiger partial charge in [-0.1, -0.05) is 25.4 Å². The minimum Gasteiger partial charge on any atom is -0.495 e. The van der Waals surface area contributed by atoms with E-state index in [-0.39, 0.29) is 23.5 Å². The summed E-state index contributed by atoms with van der Waals surface area (Å²) in [5.74, 6) is -0.0173. The minimum absolute atomic E-state index is 0.0358. The van der Waals surface area contributed by atoms with Crippen molar-refractivity contribution in [3.63, 3.8) is 0 Å².